The summed E-state index contributed by atoms with van der Waals surface area (Å²) in [6.45, 7) is 5.81. The summed E-state index contributed by atoms with van der Waals surface area (Å²) in [5.41, 5.74) is 3.09. The summed E-state index contributed by atoms with van der Waals surface area (Å²) in [5, 5.41) is 9.17. The molecule has 0 aliphatic carbocycles. The molecule has 8 nitrogen and oxygen atoms in total. The van der Waals surface area contributed by atoms with E-state index in [4.69, 9.17) is 4.74 Å². The molecule has 9 heteroatoms. The molecular formula is C19H20N6O2S. The van der Waals surface area contributed by atoms with Crippen LogP contribution in [0.3, 0.4) is 0 Å². The van der Waals surface area contributed by atoms with Crippen LogP contribution in [0.4, 0.5) is 0 Å². The molecule has 4 aromatic heterocycles. The van der Waals surface area contributed by atoms with E-state index < -0.39 is 0 Å². The average Bonchev–Trinajstić information content (AvgIpc) is 3.25. The van der Waals surface area contributed by atoms with E-state index in [-0.39, 0.29) is 11.7 Å². The summed E-state index contributed by atoms with van der Waals surface area (Å²) in [5.74, 6) is 0.448. The number of aryl methyl sites for hydroxylation is 2. The number of hydrogen-bond donors (Lipinski definition) is 2. The number of nitrogens with zero attached hydrogens (tertiary/aromatic N) is 4. The van der Waals surface area contributed by atoms with Gasteiger partial charge in [-0.15, -0.1) is 0 Å². The number of piperidine rings is 1. The monoisotopic (exact) mass is 396 g/mol. The molecule has 1 aliphatic rings. The number of thiophene rings is 1. The summed E-state index contributed by atoms with van der Waals surface area (Å²) in [6, 6.07) is 3.69. The quantitative estimate of drug-likeness (QED) is 0.552. The number of imidazole rings is 1. The Morgan fingerprint density at radius 2 is 2.04 bits per heavy atom. The van der Waals surface area contributed by atoms with Gasteiger partial charge in [0, 0.05) is 6.07 Å². The molecule has 0 unspecified atom stereocenters. The molecule has 28 heavy (non-hydrogen) atoms. The predicted octanol–water partition coefficient (Wildman–Crippen LogP) is 2.44. The maximum absolute atomic E-state index is 12.6. The predicted molar refractivity (Wildman–Crippen MR) is 108 cm³/mol. The smallest absolute Gasteiger partial charge is 0.260 e. The van der Waals surface area contributed by atoms with Crippen LogP contribution in [0.5, 0.6) is 5.06 Å². The largest absolute Gasteiger partial charge is 0.481 e. The highest BCUT2D eigenvalue weighted by Crippen LogP contribution is 2.31. The second kappa shape index (κ2) is 6.68. The molecule has 0 aromatic carbocycles. The van der Waals surface area contributed by atoms with Gasteiger partial charge in [-0.25, -0.2) is 14.5 Å². The Morgan fingerprint density at radius 3 is 2.86 bits per heavy atom. The van der Waals surface area contributed by atoms with Crippen molar-refractivity contribution in [2.24, 2.45) is 0 Å². The Kier molecular flexibility index (Phi) is 4.13. The first-order valence-electron chi connectivity index (χ1n) is 9.32. The van der Waals surface area contributed by atoms with E-state index in [0.717, 1.165) is 47.9 Å². The minimum Gasteiger partial charge on any atom is -0.481 e. The van der Waals surface area contributed by atoms with E-state index in [1.54, 1.807) is 10.6 Å². The SMILES string of the molecule is Cc1cn2nc(-c3nc4sc(OC5CCNCC5)cc4c(=O)[nH]3)cc(C)c2n1. The van der Waals surface area contributed by atoms with E-state index in [2.05, 4.69) is 25.4 Å². The van der Waals surface area contributed by atoms with E-state index in [0.29, 0.717) is 21.7 Å². The zero-order valence-electron chi connectivity index (χ0n) is 15.7. The van der Waals surface area contributed by atoms with Gasteiger partial charge in [-0.2, -0.15) is 5.10 Å². The maximum Gasteiger partial charge on any atom is 0.260 e. The Morgan fingerprint density at radius 1 is 1.21 bits per heavy atom. The number of rotatable bonds is 3. The van der Waals surface area contributed by atoms with Crippen LogP contribution in [0.1, 0.15) is 24.1 Å². The zero-order chi connectivity index (χ0) is 19.3. The fraction of sp³-hybridized carbons (Fsp3) is 0.368. The van der Waals surface area contributed by atoms with Crippen molar-refractivity contribution >= 4 is 27.2 Å². The van der Waals surface area contributed by atoms with Crippen molar-refractivity contribution in [2.75, 3.05) is 13.1 Å². The van der Waals surface area contributed by atoms with Gasteiger partial charge in [-0.3, -0.25) is 4.79 Å². The van der Waals surface area contributed by atoms with Crippen molar-refractivity contribution in [1.82, 2.24) is 29.9 Å². The molecule has 2 N–H and O–H groups in total. The zero-order valence-corrected chi connectivity index (χ0v) is 16.5. The lowest BCUT2D eigenvalue weighted by Crippen LogP contribution is -2.33. The van der Waals surface area contributed by atoms with Crippen LogP contribution in [0.25, 0.3) is 27.4 Å². The average molecular weight is 396 g/mol. The first-order valence-corrected chi connectivity index (χ1v) is 10.1. The summed E-state index contributed by atoms with van der Waals surface area (Å²) in [6.07, 6.45) is 3.98. The van der Waals surface area contributed by atoms with Crippen LogP contribution >= 0.6 is 11.3 Å². The second-order valence-corrected chi connectivity index (χ2v) is 8.12. The van der Waals surface area contributed by atoms with Gasteiger partial charge >= 0.3 is 0 Å². The van der Waals surface area contributed by atoms with Crippen LogP contribution < -0.4 is 15.6 Å². The van der Waals surface area contributed by atoms with Gasteiger partial charge in [-0.05, 0) is 51.4 Å². The molecule has 0 spiro atoms. The van der Waals surface area contributed by atoms with Gasteiger partial charge in [0.25, 0.3) is 5.56 Å². The molecule has 1 fully saturated rings. The molecule has 0 amide bonds. The first kappa shape index (κ1) is 17.3. The Balaban J connectivity index is 1.54. The molecule has 5 rings (SSSR count). The van der Waals surface area contributed by atoms with Crippen molar-refractivity contribution in [2.45, 2.75) is 32.8 Å². The Bertz CT molecular complexity index is 1230. The first-order chi connectivity index (χ1) is 13.6. The molecule has 0 saturated carbocycles. The van der Waals surface area contributed by atoms with Crippen LogP contribution in [0.15, 0.2) is 23.1 Å². The Hall–Kier alpha value is -2.78. The lowest BCUT2D eigenvalue weighted by Gasteiger charge is -2.22. The molecule has 1 aliphatic heterocycles. The second-order valence-electron chi connectivity index (χ2n) is 7.13. The number of ether oxygens (including phenoxy) is 1. The Labute approximate surface area is 164 Å². The van der Waals surface area contributed by atoms with Gasteiger partial charge in [0.1, 0.15) is 16.6 Å². The van der Waals surface area contributed by atoms with Crippen LogP contribution in [0.2, 0.25) is 0 Å². The van der Waals surface area contributed by atoms with Crippen molar-refractivity contribution in [3.8, 4) is 16.6 Å². The normalized spacial score (nSPS) is 15.5. The molecule has 5 heterocycles. The van der Waals surface area contributed by atoms with Crippen molar-refractivity contribution in [3.63, 3.8) is 0 Å². The highest BCUT2D eigenvalue weighted by Gasteiger charge is 2.18. The standard InChI is InChI=1S/C19H20N6O2S/c1-10-7-14(24-25-9-11(2)21-17(10)25)16-22-18(26)13-8-15(28-19(13)23-16)27-12-3-5-20-6-4-12/h7-9,12,20H,3-6H2,1-2H3,(H,22,23,26). The van der Waals surface area contributed by atoms with Gasteiger partial charge < -0.3 is 15.0 Å². The third-order valence-corrected chi connectivity index (χ3v) is 5.84. The third-order valence-electron chi connectivity index (χ3n) is 4.92. The molecule has 144 valence electrons. The minimum atomic E-state index is -0.183. The fourth-order valence-corrected chi connectivity index (χ4v) is 4.48. The number of aromatic amines is 1. The molecule has 0 atom stereocenters. The van der Waals surface area contributed by atoms with Gasteiger partial charge in [0.05, 0.1) is 17.3 Å². The minimum absolute atomic E-state index is 0.183. The number of H-pyrrole nitrogens is 1. The highest BCUT2D eigenvalue weighted by molar-refractivity contribution is 7.20. The maximum atomic E-state index is 12.6. The van der Waals surface area contributed by atoms with Gasteiger partial charge in [0.15, 0.2) is 16.5 Å². The van der Waals surface area contributed by atoms with Crippen LogP contribution in [0, 0.1) is 13.8 Å². The molecule has 0 radical (unpaired) electrons. The number of aromatic nitrogens is 5. The third kappa shape index (κ3) is 3.06. The topological polar surface area (TPSA) is 97.2 Å². The summed E-state index contributed by atoms with van der Waals surface area (Å²) in [4.78, 5) is 25.3. The lowest BCUT2D eigenvalue weighted by molar-refractivity contribution is 0.168. The number of hydrogen-bond acceptors (Lipinski definition) is 7. The highest BCUT2D eigenvalue weighted by atomic mass is 32.1. The van der Waals surface area contributed by atoms with Crippen molar-refractivity contribution in [1.29, 1.82) is 0 Å². The van der Waals surface area contributed by atoms with Gasteiger partial charge in [-0.1, -0.05) is 11.3 Å². The molecule has 0 bridgehead atoms. The number of fused-ring (bicyclic) bond motifs is 2. The molecular weight excluding hydrogens is 376 g/mol. The molecule has 4 aromatic rings. The summed E-state index contributed by atoms with van der Waals surface area (Å²) >= 11 is 1.41. The number of nitrogens with one attached hydrogen (secondary N) is 2. The lowest BCUT2D eigenvalue weighted by atomic mass is 10.1. The van der Waals surface area contributed by atoms with Crippen LogP contribution in [-0.2, 0) is 0 Å². The van der Waals surface area contributed by atoms with Crippen LogP contribution in [-0.4, -0.2) is 43.8 Å². The molecule has 1 saturated heterocycles. The van der Waals surface area contributed by atoms with Gasteiger partial charge in [0.2, 0.25) is 0 Å². The van der Waals surface area contributed by atoms with E-state index in [9.17, 15) is 4.79 Å². The van der Waals surface area contributed by atoms with E-state index >= 15 is 0 Å². The fourth-order valence-electron chi connectivity index (χ4n) is 3.53. The van der Waals surface area contributed by atoms with E-state index in [1.165, 1.54) is 11.3 Å². The van der Waals surface area contributed by atoms with Crippen molar-refractivity contribution in [3.05, 3.63) is 39.9 Å². The van der Waals surface area contributed by atoms with Crippen molar-refractivity contribution < 1.29 is 4.74 Å². The van der Waals surface area contributed by atoms with E-state index in [1.807, 2.05) is 26.1 Å². The summed E-state index contributed by atoms with van der Waals surface area (Å²) in [7, 11) is 0. The summed E-state index contributed by atoms with van der Waals surface area (Å²) < 4.78 is 7.80.